The second-order valence-corrected chi connectivity index (χ2v) is 5.66. The fraction of sp³-hybridized carbons (Fsp3) is 0.917. The molecule has 4 nitrogen and oxygen atoms in total. The van der Waals surface area contributed by atoms with Gasteiger partial charge in [0.15, 0.2) is 0 Å². The van der Waals surface area contributed by atoms with E-state index in [1.54, 1.807) is 0 Å². The molecule has 2 fully saturated rings. The predicted octanol–water partition coefficient (Wildman–Crippen LogP) is 0.671. The summed E-state index contributed by atoms with van der Waals surface area (Å²) in [6.07, 6.45) is 2.97. The lowest BCUT2D eigenvalue weighted by molar-refractivity contribution is -0.133. The van der Waals surface area contributed by atoms with E-state index in [1.807, 2.05) is 6.92 Å². The van der Waals surface area contributed by atoms with Gasteiger partial charge in [-0.15, -0.1) is 0 Å². The van der Waals surface area contributed by atoms with Gasteiger partial charge >= 0.3 is 0 Å². The minimum atomic E-state index is -0.246. The fourth-order valence-corrected chi connectivity index (χ4v) is 2.44. The van der Waals surface area contributed by atoms with Crippen LogP contribution < -0.4 is 10.6 Å². The van der Waals surface area contributed by atoms with Gasteiger partial charge in [-0.3, -0.25) is 4.79 Å². The highest BCUT2D eigenvalue weighted by molar-refractivity contribution is 5.83. The van der Waals surface area contributed by atoms with Crippen molar-refractivity contribution in [3.8, 4) is 0 Å². The number of rotatable bonds is 2. The largest absolute Gasteiger partial charge is 0.379 e. The average Bonchev–Trinajstić information content (AvgIpc) is 2.66. The van der Waals surface area contributed by atoms with Crippen LogP contribution in [0.5, 0.6) is 0 Å². The van der Waals surface area contributed by atoms with Crippen LogP contribution in [0.4, 0.5) is 0 Å². The van der Waals surface area contributed by atoms with E-state index in [0.717, 1.165) is 39.0 Å². The normalized spacial score (nSPS) is 39.6. The Morgan fingerprint density at radius 1 is 1.38 bits per heavy atom. The maximum Gasteiger partial charge on any atom is 0.227 e. The molecule has 1 amide bonds. The topological polar surface area (TPSA) is 50.4 Å². The summed E-state index contributed by atoms with van der Waals surface area (Å²) >= 11 is 0. The second-order valence-electron chi connectivity index (χ2n) is 5.66. The zero-order chi connectivity index (χ0) is 11.6. The van der Waals surface area contributed by atoms with Gasteiger partial charge in [0.25, 0.3) is 0 Å². The minimum absolute atomic E-state index is 0.155. The third-order valence-electron chi connectivity index (χ3n) is 3.78. The van der Waals surface area contributed by atoms with Crippen LogP contribution in [-0.4, -0.2) is 37.7 Å². The van der Waals surface area contributed by atoms with E-state index in [1.165, 1.54) is 0 Å². The summed E-state index contributed by atoms with van der Waals surface area (Å²) in [6.45, 7) is 7.33. The van der Waals surface area contributed by atoms with Gasteiger partial charge in [0.1, 0.15) is 0 Å². The number of hydrogen-bond acceptors (Lipinski definition) is 3. The van der Waals surface area contributed by atoms with Gasteiger partial charge in [0.2, 0.25) is 5.91 Å². The van der Waals surface area contributed by atoms with Gasteiger partial charge < -0.3 is 15.4 Å². The highest BCUT2D eigenvalue weighted by Gasteiger charge is 2.39. The first-order chi connectivity index (χ1) is 7.54. The molecule has 2 atom stereocenters. The monoisotopic (exact) mass is 226 g/mol. The quantitative estimate of drug-likeness (QED) is 0.727. The van der Waals surface area contributed by atoms with Crippen LogP contribution >= 0.6 is 0 Å². The van der Waals surface area contributed by atoms with E-state index < -0.39 is 0 Å². The first kappa shape index (κ1) is 11.9. The zero-order valence-electron chi connectivity index (χ0n) is 10.3. The van der Waals surface area contributed by atoms with Crippen molar-refractivity contribution in [3.05, 3.63) is 0 Å². The third-order valence-corrected chi connectivity index (χ3v) is 3.78. The molecule has 0 aromatic carbocycles. The van der Waals surface area contributed by atoms with E-state index in [4.69, 9.17) is 4.74 Å². The van der Waals surface area contributed by atoms with Gasteiger partial charge in [-0.1, -0.05) is 0 Å². The van der Waals surface area contributed by atoms with E-state index in [-0.39, 0.29) is 16.9 Å². The molecule has 2 N–H and O–H groups in total. The zero-order valence-corrected chi connectivity index (χ0v) is 10.3. The van der Waals surface area contributed by atoms with Crippen molar-refractivity contribution >= 4 is 5.91 Å². The molecule has 0 aromatic heterocycles. The highest BCUT2D eigenvalue weighted by Crippen LogP contribution is 2.27. The van der Waals surface area contributed by atoms with E-state index >= 15 is 0 Å². The number of piperidine rings is 1. The van der Waals surface area contributed by atoms with Gasteiger partial charge in [-0.25, -0.2) is 0 Å². The first-order valence-corrected chi connectivity index (χ1v) is 6.15. The number of carbonyl (C=O) groups is 1. The molecule has 2 saturated heterocycles. The maximum absolute atomic E-state index is 12.3. The van der Waals surface area contributed by atoms with Crippen LogP contribution in [0.1, 0.15) is 33.1 Å². The highest BCUT2D eigenvalue weighted by atomic mass is 16.5. The predicted molar refractivity (Wildman–Crippen MR) is 62.2 cm³/mol. The number of nitrogens with one attached hydrogen (secondary N) is 2. The molecule has 0 aliphatic carbocycles. The lowest BCUT2D eigenvalue weighted by Crippen LogP contribution is -2.55. The smallest absolute Gasteiger partial charge is 0.227 e. The summed E-state index contributed by atoms with van der Waals surface area (Å²) in [5.74, 6) is 0.174. The molecular weight excluding hydrogens is 204 g/mol. The summed E-state index contributed by atoms with van der Waals surface area (Å²) in [5.41, 5.74) is -0.401. The van der Waals surface area contributed by atoms with Crippen LogP contribution in [0.3, 0.4) is 0 Å². The van der Waals surface area contributed by atoms with Crippen LogP contribution in [0.2, 0.25) is 0 Å². The lowest BCUT2D eigenvalue weighted by Gasteiger charge is -2.36. The maximum atomic E-state index is 12.3. The van der Waals surface area contributed by atoms with E-state index in [2.05, 4.69) is 17.6 Å². The molecule has 2 rings (SSSR count). The Labute approximate surface area is 97.1 Å². The Kier molecular flexibility index (Phi) is 3.22. The Bertz CT molecular complexity index is 266. The minimum Gasteiger partial charge on any atom is -0.379 e. The molecule has 2 aliphatic heterocycles. The summed E-state index contributed by atoms with van der Waals surface area (Å²) in [4.78, 5) is 12.3. The van der Waals surface area contributed by atoms with Crippen LogP contribution in [0.25, 0.3) is 0 Å². The van der Waals surface area contributed by atoms with Crippen molar-refractivity contribution < 1.29 is 9.53 Å². The van der Waals surface area contributed by atoms with Gasteiger partial charge in [-0.2, -0.15) is 0 Å². The number of carbonyl (C=O) groups excluding carboxylic acids is 1. The SMILES string of the molecule is CC1(NC(=O)C2(C)CCCNC2)CCOC1. The average molecular weight is 226 g/mol. The molecule has 16 heavy (non-hydrogen) atoms. The third kappa shape index (κ3) is 2.38. The van der Waals surface area contributed by atoms with Crippen molar-refractivity contribution in [3.63, 3.8) is 0 Å². The van der Waals surface area contributed by atoms with E-state index in [9.17, 15) is 4.79 Å². The first-order valence-electron chi connectivity index (χ1n) is 6.15. The lowest BCUT2D eigenvalue weighted by atomic mass is 9.81. The molecule has 0 saturated carbocycles. The summed E-state index contributed by atoms with van der Waals surface area (Å²) < 4.78 is 5.35. The molecule has 4 heteroatoms. The van der Waals surface area contributed by atoms with Crippen LogP contribution in [0, 0.1) is 5.41 Å². The van der Waals surface area contributed by atoms with Crippen molar-refractivity contribution in [2.24, 2.45) is 5.41 Å². The van der Waals surface area contributed by atoms with Crippen molar-refractivity contribution in [2.45, 2.75) is 38.6 Å². The summed E-state index contributed by atoms with van der Waals surface area (Å²) in [5, 5.41) is 6.46. The van der Waals surface area contributed by atoms with Crippen molar-refractivity contribution in [1.29, 1.82) is 0 Å². The van der Waals surface area contributed by atoms with Crippen LogP contribution in [-0.2, 0) is 9.53 Å². The van der Waals surface area contributed by atoms with Crippen molar-refractivity contribution in [2.75, 3.05) is 26.3 Å². The van der Waals surface area contributed by atoms with Gasteiger partial charge in [0, 0.05) is 13.2 Å². The summed E-state index contributed by atoms with van der Waals surface area (Å²) in [6, 6.07) is 0. The molecule has 0 bridgehead atoms. The number of hydrogen-bond donors (Lipinski definition) is 2. The van der Waals surface area contributed by atoms with Crippen LogP contribution in [0.15, 0.2) is 0 Å². The molecule has 0 aromatic rings. The van der Waals surface area contributed by atoms with Gasteiger partial charge in [-0.05, 0) is 39.7 Å². The Balaban J connectivity index is 1.96. The molecular formula is C12H22N2O2. The Morgan fingerprint density at radius 3 is 2.75 bits per heavy atom. The number of amides is 1. The fourth-order valence-electron chi connectivity index (χ4n) is 2.44. The van der Waals surface area contributed by atoms with Gasteiger partial charge in [0.05, 0.1) is 17.6 Å². The molecule has 92 valence electrons. The van der Waals surface area contributed by atoms with E-state index in [0.29, 0.717) is 6.61 Å². The second kappa shape index (κ2) is 4.34. The Hall–Kier alpha value is -0.610. The standard InChI is InChI=1S/C12H22N2O2/c1-11(4-3-6-13-8-11)10(15)14-12(2)5-7-16-9-12/h13H,3-9H2,1-2H3,(H,14,15). The molecule has 2 heterocycles. The molecule has 0 spiro atoms. The number of ether oxygens (including phenoxy) is 1. The molecule has 2 aliphatic rings. The molecule has 2 unspecified atom stereocenters. The Morgan fingerprint density at radius 2 is 2.19 bits per heavy atom. The van der Waals surface area contributed by atoms with Crippen molar-refractivity contribution in [1.82, 2.24) is 10.6 Å². The summed E-state index contributed by atoms with van der Waals surface area (Å²) in [7, 11) is 0. The molecule has 0 radical (unpaired) electrons.